The minimum atomic E-state index is -1.59. The highest BCUT2D eigenvalue weighted by Crippen LogP contribution is 2.26. The fourth-order valence-corrected chi connectivity index (χ4v) is 4.67. The van der Waals surface area contributed by atoms with E-state index in [9.17, 15) is 4.79 Å². The van der Waals surface area contributed by atoms with Crippen molar-refractivity contribution in [2.75, 3.05) is 14.2 Å². The minimum Gasteiger partial charge on any atom is -0.400 e. The molecule has 1 unspecified atom stereocenters. The van der Waals surface area contributed by atoms with Crippen LogP contribution in [0.25, 0.3) is 0 Å². The van der Waals surface area contributed by atoms with Crippen LogP contribution < -0.4 is 0 Å². The first-order chi connectivity index (χ1) is 10.2. The number of hydrogen-bond donors (Lipinski definition) is 0. The zero-order chi connectivity index (χ0) is 15.9. The molecule has 0 spiro atoms. The molecule has 4 heteroatoms. The van der Waals surface area contributed by atoms with Gasteiger partial charge < -0.3 is 8.85 Å². The van der Waals surface area contributed by atoms with Crippen LogP contribution >= 0.6 is 0 Å². The van der Waals surface area contributed by atoms with Gasteiger partial charge in [-0.05, 0) is 19.3 Å². The normalized spacial score (nSPS) is 12.8. The Morgan fingerprint density at radius 3 is 2.05 bits per heavy atom. The topological polar surface area (TPSA) is 35.5 Å². The third-order valence-corrected chi connectivity index (χ3v) is 6.50. The van der Waals surface area contributed by atoms with Gasteiger partial charge in [-0.3, -0.25) is 4.79 Å². The molecule has 0 aliphatic carbocycles. The Morgan fingerprint density at radius 1 is 0.857 bits per heavy atom. The van der Waals surface area contributed by atoms with Crippen molar-refractivity contribution in [2.24, 2.45) is 0 Å². The van der Waals surface area contributed by atoms with Gasteiger partial charge in [0.1, 0.15) is 5.78 Å². The van der Waals surface area contributed by atoms with Gasteiger partial charge in [0.2, 0.25) is 0 Å². The predicted octanol–water partition coefficient (Wildman–Crippen LogP) is 4.77. The summed E-state index contributed by atoms with van der Waals surface area (Å²) in [4.78, 5) is 12.0. The van der Waals surface area contributed by atoms with Crippen LogP contribution in [0.5, 0.6) is 0 Å². The van der Waals surface area contributed by atoms with E-state index in [-0.39, 0.29) is 0 Å². The van der Waals surface area contributed by atoms with E-state index in [1.54, 1.807) is 14.2 Å². The van der Waals surface area contributed by atoms with E-state index >= 15 is 0 Å². The molecule has 0 saturated heterocycles. The van der Waals surface area contributed by atoms with Crippen molar-refractivity contribution in [3.05, 3.63) is 0 Å². The maximum Gasteiger partial charge on any atom is 0.324 e. The van der Waals surface area contributed by atoms with Crippen molar-refractivity contribution in [1.82, 2.24) is 0 Å². The summed E-state index contributed by atoms with van der Waals surface area (Å²) in [6.07, 6.45) is 12.0. The monoisotopic (exact) mass is 316 g/mol. The van der Waals surface area contributed by atoms with Crippen LogP contribution in [-0.4, -0.2) is 29.3 Å². The van der Waals surface area contributed by atoms with Crippen LogP contribution in [0.15, 0.2) is 0 Å². The molecule has 0 aliphatic heterocycles. The molecule has 1 atom stereocenters. The molecule has 0 heterocycles. The molecule has 0 aromatic rings. The van der Waals surface area contributed by atoms with E-state index in [4.69, 9.17) is 8.85 Å². The Balaban J connectivity index is 3.95. The lowest BCUT2D eigenvalue weighted by Crippen LogP contribution is -2.27. The number of Topliss-reactive ketones (excluding diaryl/α,β-unsaturated/α-hetero) is 1. The van der Waals surface area contributed by atoms with Crippen LogP contribution in [0.3, 0.4) is 0 Å². The largest absolute Gasteiger partial charge is 0.400 e. The van der Waals surface area contributed by atoms with Gasteiger partial charge in [0.05, 0.1) is 0 Å². The lowest BCUT2D eigenvalue weighted by atomic mass is 10.0. The van der Waals surface area contributed by atoms with Crippen LogP contribution in [0.1, 0.15) is 84.5 Å². The fourth-order valence-electron chi connectivity index (χ4n) is 2.76. The van der Waals surface area contributed by atoms with Crippen LogP contribution in [0.4, 0.5) is 0 Å². The average Bonchev–Trinajstić information content (AvgIpc) is 2.50. The van der Waals surface area contributed by atoms with Crippen molar-refractivity contribution in [3.63, 3.8) is 0 Å². The third kappa shape index (κ3) is 11.1. The van der Waals surface area contributed by atoms with Crippen molar-refractivity contribution in [1.29, 1.82) is 0 Å². The summed E-state index contributed by atoms with van der Waals surface area (Å²) in [5.74, 6) is 0.424. The molecule has 0 bridgehead atoms. The lowest BCUT2D eigenvalue weighted by molar-refractivity contribution is -0.119. The first-order valence-corrected chi connectivity index (χ1v) is 10.4. The van der Waals surface area contributed by atoms with Crippen molar-refractivity contribution < 1.29 is 13.6 Å². The van der Waals surface area contributed by atoms with Gasteiger partial charge in [-0.25, -0.2) is 0 Å². The summed E-state index contributed by atoms with van der Waals surface area (Å²) in [7, 11) is 1.90. The highest BCUT2D eigenvalue weighted by atomic mass is 28.3. The molecule has 0 radical (unpaired) electrons. The van der Waals surface area contributed by atoms with E-state index in [0.717, 1.165) is 25.7 Å². The van der Waals surface area contributed by atoms with Gasteiger partial charge in [0.25, 0.3) is 0 Å². The fraction of sp³-hybridized carbons (Fsp3) is 0.941. The molecular weight excluding hydrogens is 280 g/mol. The summed E-state index contributed by atoms with van der Waals surface area (Å²) >= 11 is 0. The number of carbonyl (C=O) groups is 1. The molecule has 0 rings (SSSR count). The molecule has 0 N–H and O–H groups in total. The number of hydrogen-bond acceptors (Lipinski definition) is 3. The Hall–Kier alpha value is -0.193. The number of rotatable bonds is 15. The van der Waals surface area contributed by atoms with Gasteiger partial charge in [0, 0.05) is 32.6 Å². The second-order valence-corrected chi connectivity index (χ2v) is 8.61. The Bertz CT molecular complexity index is 242. The molecule has 0 aromatic carbocycles. The lowest BCUT2D eigenvalue weighted by Gasteiger charge is -2.22. The van der Waals surface area contributed by atoms with Crippen LogP contribution in [-0.2, 0) is 13.6 Å². The van der Waals surface area contributed by atoms with Gasteiger partial charge >= 0.3 is 9.28 Å². The standard InChI is InChI=1S/C17H36O3Si/c1-5-7-9-10-11-12-16(18)14-15-17(13-8-6-2)21(19-3)20-4/h17,21H,5-15H2,1-4H3. The summed E-state index contributed by atoms with van der Waals surface area (Å²) in [6.45, 7) is 4.42. The molecule has 126 valence electrons. The smallest absolute Gasteiger partial charge is 0.324 e. The molecule has 0 fully saturated rings. The number of carbonyl (C=O) groups excluding carboxylic acids is 1. The summed E-state index contributed by atoms with van der Waals surface area (Å²) in [6, 6.07) is 0. The molecule has 0 saturated carbocycles. The third-order valence-electron chi connectivity index (χ3n) is 4.13. The van der Waals surface area contributed by atoms with Gasteiger partial charge in [0.15, 0.2) is 0 Å². The maximum atomic E-state index is 12.0. The number of ketones is 1. The number of unbranched alkanes of at least 4 members (excludes halogenated alkanes) is 5. The molecule has 0 aromatic heterocycles. The van der Waals surface area contributed by atoms with Gasteiger partial charge in [-0.15, -0.1) is 0 Å². The summed E-state index contributed by atoms with van der Waals surface area (Å²) < 4.78 is 11.0. The van der Waals surface area contributed by atoms with E-state index in [0.29, 0.717) is 17.7 Å². The zero-order valence-electron chi connectivity index (χ0n) is 14.7. The minimum absolute atomic E-state index is 0.424. The van der Waals surface area contributed by atoms with Crippen LogP contribution in [0, 0.1) is 0 Å². The first kappa shape index (κ1) is 20.8. The molecule has 0 aliphatic rings. The highest BCUT2D eigenvalue weighted by Gasteiger charge is 2.24. The summed E-state index contributed by atoms with van der Waals surface area (Å²) in [5, 5.41) is 0. The predicted molar refractivity (Wildman–Crippen MR) is 92.1 cm³/mol. The Labute approximate surface area is 133 Å². The van der Waals surface area contributed by atoms with Crippen molar-refractivity contribution in [3.8, 4) is 0 Å². The molecular formula is C17H36O3Si. The highest BCUT2D eigenvalue weighted by molar-refractivity contribution is 6.46. The van der Waals surface area contributed by atoms with E-state index in [1.807, 2.05) is 0 Å². The maximum absolute atomic E-state index is 12.0. The van der Waals surface area contributed by atoms with Gasteiger partial charge in [-0.1, -0.05) is 52.4 Å². The second-order valence-electron chi connectivity index (χ2n) is 5.98. The molecule has 3 nitrogen and oxygen atoms in total. The summed E-state index contributed by atoms with van der Waals surface area (Å²) in [5.41, 5.74) is 0.476. The molecule has 21 heavy (non-hydrogen) atoms. The van der Waals surface area contributed by atoms with Crippen molar-refractivity contribution >= 4 is 15.1 Å². The zero-order valence-corrected chi connectivity index (χ0v) is 15.8. The van der Waals surface area contributed by atoms with Crippen LogP contribution in [0.2, 0.25) is 5.54 Å². The Morgan fingerprint density at radius 2 is 1.48 bits per heavy atom. The second kappa shape index (κ2) is 14.7. The Kier molecular flexibility index (Phi) is 14.6. The van der Waals surface area contributed by atoms with E-state index in [2.05, 4.69) is 13.8 Å². The van der Waals surface area contributed by atoms with Gasteiger partial charge in [-0.2, -0.15) is 0 Å². The quantitative estimate of drug-likeness (QED) is 0.322. The SMILES string of the molecule is CCCCCCCC(=O)CCC(CCCC)[SiH](OC)OC. The van der Waals surface area contributed by atoms with E-state index < -0.39 is 9.28 Å². The first-order valence-electron chi connectivity index (χ1n) is 8.76. The van der Waals surface area contributed by atoms with E-state index in [1.165, 1.54) is 38.5 Å². The van der Waals surface area contributed by atoms with Crippen molar-refractivity contribution in [2.45, 2.75) is 90.0 Å². The molecule has 0 amide bonds. The average molecular weight is 317 g/mol.